The van der Waals surface area contributed by atoms with Gasteiger partial charge in [-0.25, -0.2) is 0 Å². The van der Waals surface area contributed by atoms with Crippen LogP contribution in [0.5, 0.6) is 0 Å². The molecule has 0 radical (unpaired) electrons. The lowest BCUT2D eigenvalue weighted by atomic mass is 9.94. The van der Waals surface area contributed by atoms with E-state index in [-0.39, 0.29) is 17.9 Å². The van der Waals surface area contributed by atoms with Crippen LogP contribution in [0.25, 0.3) is 5.57 Å². The number of benzene rings is 1. The molecular weight excluding hydrogens is 334 g/mol. The first kappa shape index (κ1) is 25.1. The van der Waals surface area contributed by atoms with Crippen LogP contribution in [0.15, 0.2) is 42.5 Å². The number of rotatable bonds is 7. The van der Waals surface area contributed by atoms with Crippen LogP contribution in [0.4, 0.5) is 0 Å². The molecule has 152 valence electrons. The third-order valence-corrected chi connectivity index (χ3v) is 4.13. The molecule has 0 saturated carbocycles. The minimum Gasteiger partial charge on any atom is -0.466 e. The van der Waals surface area contributed by atoms with Crippen molar-refractivity contribution >= 4 is 11.5 Å². The zero-order chi connectivity index (χ0) is 20.7. The zero-order valence-corrected chi connectivity index (χ0v) is 18.1. The maximum absolute atomic E-state index is 11.7. The summed E-state index contributed by atoms with van der Waals surface area (Å²) < 4.78 is 5.03. The highest BCUT2D eigenvalue weighted by molar-refractivity contribution is 5.74. The molecule has 2 unspecified atom stereocenters. The first-order valence-electron chi connectivity index (χ1n) is 10.5. The summed E-state index contributed by atoms with van der Waals surface area (Å²) >= 11 is 0. The van der Waals surface area contributed by atoms with Crippen molar-refractivity contribution in [1.82, 2.24) is 0 Å². The molecule has 27 heavy (non-hydrogen) atoms. The zero-order valence-electron chi connectivity index (χ0n) is 18.1. The van der Waals surface area contributed by atoms with Gasteiger partial charge in [0.15, 0.2) is 0 Å². The second kappa shape index (κ2) is 15.2. The Bertz CT molecular complexity index is 573. The Labute approximate surface area is 166 Å². The molecule has 2 rings (SSSR count). The summed E-state index contributed by atoms with van der Waals surface area (Å²) in [7, 11) is 0. The molecule has 3 nitrogen and oxygen atoms in total. The van der Waals surface area contributed by atoms with Gasteiger partial charge in [-0.2, -0.15) is 0 Å². The average Bonchev–Trinajstić information content (AvgIpc) is 2.72. The number of hydrogen-bond donors (Lipinski definition) is 1. The van der Waals surface area contributed by atoms with E-state index in [0.717, 1.165) is 19.3 Å². The molecule has 0 spiro atoms. The van der Waals surface area contributed by atoms with Crippen LogP contribution >= 0.6 is 0 Å². The molecule has 1 aliphatic rings. The van der Waals surface area contributed by atoms with Crippen LogP contribution in [0.2, 0.25) is 0 Å². The Morgan fingerprint density at radius 3 is 2.26 bits per heavy atom. The maximum Gasteiger partial charge on any atom is 0.308 e. The molecule has 0 heterocycles. The Morgan fingerprint density at radius 1 is 1.11 bits per heavy atom. The number of carbonyl (C=O) groups is 1. The van der Waals surface area contributed by atoms with E-state index in [0.29, 0.717) is 13.0 Å². The number of nitrogens with two attached hydrogens (primary N) is 1. The Balaban J connectivity index is 0.00000158. The van der Waals surface area contributed by atoms with E-state index >= 15 is 0 Å². The minimum atomic E-state index is -0.158. The predicted molar refractivity (Wildman–Crippen MR) is 118 cm³/mol. The van der Waals surface area contributed by atoms with Gasteiger partial charge >= 0.3 is 5.97 Å². The Morgan fingerprint density at radius 2 is 1.74 bits per heavy atom. The molecule has 0 aromatic heterocycles. The third kappa shape index (κ3) is 9.58. The van der Waals surface area contributed by atoms with Gasteiger partial charge in [0.25, 0.3) is 0 Å². The van der Waals surface area contributed by atoms with E-state index in [1.54, 1.807) is 0 Å². The van der Waals surface area contributed by atoms with Gasteiger partial charge < -0.3 is 10.5 Å². The Hall–Kier alpha value is -1.87. The van der Waals surface area contributed by atoms with Gasteiger partial charge in [0, 0.05) is 6.04 Å². The highest BCUT2D eigenvalue weighted by Gasteiger charge is 2.17. The van der Waals surface area contributed by atoms with Gasteiger partial charge in [0.2, 0.25) is 0 Å². The SMILES string of the molecule is CC.CC.CCOC(=O)C(C)CC(N)Cc1ccc(C2=CCCC=C2)cc1. The highest BCUT2D eigenvalue weighted by Crippen LogP contribution is 2.22. The van der Waals surface area contributed by atoms with Gasteiger partial charge in [-0.15, -0.1) is 0 Å². The summed E-state index contributed by atoms with van der Waals surface area (Å²) in [6.07, 6.45) is 10.4. The lowest BCUT2D eigenvalue weighted by molar-refractivity contribution is -0.147. The van der Waals surface area contributed by atoms with Crippen molar-refractivity contribution in [1.29, 1.82) is 0 Å². The van der Waals surface area contributed by atoms with Crippen LogP contribution in [0.1, 0.15) is 71.9 Å². The Kier molecular flexibility index (Phi) is 14.2. The molecule has 0 bridgehead atoms. The number of esters is 1. The first-order chi connectivity index (χ1) is 13.1. The summed E-state index contributed by atoms with van der Waals surface area (Å²) in [4.78, 5) is 11.7. The van der Waals surface area contributed by atoms with Crippen LogP contribution in [-0.2, 0) is 16.0 Å². The van der Waals surface area contributed by atoms with Crippen molar-refractivity contribution < 1.29 is 9.53 Å². The van der Waals surface area contributed by atoms with Crippen molar-refractivity contribution in [2.24, 2.45) is 11.7 Å². The molecule has 1 aromatic carbocycles. The number of hydrogen-bond acceptors (Lipinski definition) is 3. The molecule has 0 saturated heterocycles. The number of carbonyl (C=O) groups excluding carboxylic acids is 1. The van der Waals surface area contributed by atoms with Crippen LogP contribution in [-0.4, -0.2) is 18.6 Å². The van der Waals surface area contributed by atoms with E-state index in [1.807, 2.05) is 41.5 Å². The van der Waals surface area contributed by atoms with E-state index < -0.39 is 0 Å². The van der Waals surface area contributed by atoms with E-state index in [2.05, 4.69) is 42.5 Å². The quantitative estimate of drug-likeness (QED) is 0.602. The van der Waals surface area contributed by atoms with Crippen molar-refractivity contribution in [2.45, 2.75) is 73.3 Å². The molecule has 2 N–H and O–H groups in total. The molecule has 0 aliphatic heterocycles. The molecule has 1 aliphatic carbocycles. The topological polar surface area (TPSA) is 52.3 Å². The summed E-state index contributed by atoms with van der Waals surface area (Å²) in [5.74, 6) is -0.309. The molecule has 3 heteroatoms. The van der Waals surface area contributed by atoms with Crippen molar-refractivity contribution in [3.63, 3.8) is 0 Å². The molecule has 0 fully saturated rings. The number of ether oxygens (including phenoxy) is 1. The fourth-order valence-corrected chi connectivity index (χ4v) is 2.88. The van der Waals surface area contributed by atoms with E-state index in [9.17, 15) is 4.79 Å². The monoisotopic (exact) mass is 373 g/mol. The fraction of sp³-hybridized carbons (Fsp3) is 0.542. The molecule has 0 amide bonds. The van der Waals surface area contributed by atoms with E-state index in [1.165, 1.54) is 16.7 Å². The lowest BCUT2D eigenvalue weighted by Crippen LogP contribution is -2.29. The predicted octanol–water partition coefficient (Wildman–Crippen LogP) is 5.93. The van der Waals surface area contributed by atoms with Gasteiger partial charge in [0.05, 0.1) is 12.5 Å². The summed E-state index contributed by atoms with van der Waals surface area (Å²) in [6, 6.07) is 8.53. The number of allylic oxidation sites excluding steroid dienone is 4. The van der Waals surface area contributed by atoms with Crippen molar-refractivity contribution in [3.05, 3.63) is 53.6 Å². The lowest BCUT2D eigenvalue weighted by Gasteiger charge is -2.16. The molecule has 2 atom stereocenters. The van der Waals surface area contributed by atoms with Gasteiger partial charge in [-0.05, 0) is 49.3 Å². The summed E-state index contributed by atoms with van der Waals surface area (Å²) in [5.41, 5.74) is 9.94. The van der Waals surface area contributed by atoms with Gasteiger partial charge in [-0.3, -0.25) is 4.79 Å². The second-order valence-corrected chi connectivity index (χ2v) is 6.19. The largest absolute Gasteiger partial charge is 0.466 e. The highest BCUT2D eigenvalue weighted by atomic mass is 16.5. The maximum atomic E-state index is 11.7. The van der Waals surface area contributed by atoms with Crippen LogP contribution < -0.4 is 5.73 Å². The standard InChI is InChI=1S/C20H27NO2.2C2H6/c1-3-23-20(22)15(2)13-19(21)14-16-9-11-18(12-10-16)17-7-5-4-6-8-17;2*1-2/h5,7-12,15,19H,3-4,6,13-14,21H2,1-2H3;2*1-2H3. The normalized spacial score (nSPS) is 14.6. The summed E-state index contributed by atoms with van der Waals surface area (Å²) in [6.45, 7) is 12.1. The third-order valence-electron chi connectivity index (χ3n) is 4.13. The van der Waals surface area contributed by atoms with Gasteiger partial charge in [-0.1, -0.05) is 77.1 Å². The van der Waals surface area contributed by atoms with Crippen LogP contribution in [0, 0.1) is 5.92 Å². The smallest absolute Gasteiger partial charge is 0.308 e. The van der Waals surface area contributed by atoms with Crippen molar-refractivity contribution in [3.8, 4) is 0 Å². The van der Waals surface area contributed by atoms with Crippen LogP contribution in [0.3, 0.4) is 0 Å². The minimum absolute atomic E-state index is 0.0333. The van der Waals surface area contributed by atoms with E-state index in [4.69, 9.17) is 10.5 Å². The second-order valence-electron chi connectivity index (χ2n) is 6.19. The molecule has 1 aromatic rings. The molecular formula is C24H39NO2. The van der Waals surface area contributed by atoms with Crippen molar-refractivity contribution in [2.75, 3.05) is 6.61 Å². The average molecular weight is 374 g/mol. The summed E-state index contributed by atoms with van der Waals surface area (Å²) in [5, 5.41) is 0. The fourth-order valence-electron chi connectivity index (χ4n) is 2.88. The van der Waals surface area contributed by atoms with Gasteiger partial charge in [0.1, 0.15) is 0 Å². The first-order valence-corrected chi connectivity index (χ1v) is 10.5.